The van der Waals surface area contributed by atoms with Crippen molar-refractivity contribution in [2.24, 2.45) is 0 Å². The third kappa shape index (κ3) is 3.74. The Balaban J connectivity index is 1.36. The van der Waals surface area contributed by atoms with Crippen LogP contribution in [0.3, 0.4) is 0 Å². The van der Waals surface area contributed by atoms with Crippen LogP contribution < -0.4 is 19.7 Å². The van der Waals surface area contributed by atoms with Crippen LogP contribution >= 0.6 is 0 Å². The van der Waals surface area contributed by atoms with E-state index in [0.29, 0.717) is 12.0 Å². The molecule has 1 N–H and O–H groups in total. The molecule has 28 heavy (non-hydrogen) atoms. The van der Waals surface area contributed by atoms with Gasteiger partial charge in [-0.1, -0.05) is 6.07 Å². The number of hydrogen-bond acceptors (Lipinski definition) is 6. The first-order valence-electron chi connectivity index (χ1n) is 10.1. The van der Waals surface area contributed by atoms with Crippen LogP contribution in [-0.2, 0) is 0 Å². The van der Waals surface area contributed by atoms with E-state index < -0.39 is 0 Å². The van der Waals surface area contributed by atoms with Crippen molar-refractivity contribution in [3.05, 3.63) is 42.1 Å². The number of hydrogen-bond donors (Lipinski definition) is 1. The minimum atomic E-state index is 0.418. The molecular formula is C22H30N4O2. The number of piperazine rings is 1. The maximum absolute atomic E-state index is 5.52. The van der Waals surface area contributed by atoms with Gasteiger partial charge in [-0.25, -0.2) is 4.98 Å². The Morgan fingerprint density at radius 2 is 1.82 bits per heavy atom. The molecule has 0 saturated carbocycles. The van der Waals surface area contributed by atoms with Gasteiger partial charge in [0, 0.05) is 56.1 Å². The lowest BCUT2D eigenvalue weighted by Gasteiger charge is -2.36. The third-order valence-corrected chi connectivity index (χ3v) is 6.04. The average molecular weight is 383 g/mol. The first-order chi connectivity index (χ1) is 13.7. The molecule has 4 rings (SSSR count). The van der Waals surface area contributed by atoms with Crippen molar-refractivity contribution in [1.82, 2.24) is 9.88 Å². The van der Waals surface area contributed by atoms with Crippen LogP contribution in [0.2, 0.25) is 0 Å². The summed E-state index contributed by atoms with van der Waals surface area (Å²) in [7, 11) is 3.39. The molecule has 3 heterocycles. The van der Waals surface area contributed by atoms with E-state index >= 15 is 0 Å². The quantitative estimate of drug-likeness (QED) is 0.828. The van der Waals surface area contributed by atoms with Crippen molar-refractivity contribution in [2.45, 2.75) is 25.3 Å². The van der Waals surface area contributed by atoms with Crippen LogP contribution in [0.4, 0.5) is 11.5 Å². The van der Waals surface area contributed by atoms with Gasteiger partial charge in [0.05, 0.1) is 14.2 Å². The second-order valence-corrected chi connectivity index (χ2v) is 7.64. The molecule has 2 aliphatic rings. The fraction of sp³-hybridized carbons (Fsp3) is 0.500. The van der Waals surface area contributed by atoms with Gasteiger partial charge >= 0.3 is 0 Å². The summed E-state index contributed by atoms with van der Waals surface area (Å²) in [4.78, 5) is 9.43. The second-order valence-electron chi connectivity index (χ2n) is 7.64. The average Bonchev–Trinajstić information content (AvgIpc) is 3.06. The molecule has 6 nitrogen and oxygen atoms in total. The van der Waals surface area contributed by atoms with Gasteiger partial charge in [0.25, 0.3) is 0 Å². The summed E-state index contributed by atoms with van der Waals surface area (Å²) in [5, 5.41) is 3.62. The lowest BCUT2D eigenvalue weighted by molar-refractivity contribution is 0.246. The molecule has 0 bridgehead atoms. The van der Waals surface area contributed by atoms with E-state index in [1.54, 1.807) is 14.2 Å². The van der Waals surface area contributed by atoms with Crippen LogP contribution in [0.5, 0.6) is 11.5 Å². The fourth-order valence-electron chi connectivity index (χ4n) is 4.41. The van der Waals surface area contributed by atoms with Gasteiger partial charge in [0.2, 0.25) is 0 Å². The number of nitrogens with one attached hydrogen (secondary N) is 1. The van der Waals surface area contributed by atoms with Crippen LogP contribution in [0, 0.1) is 0 Å². The summed E-state index contributed by atoms with van der Waals surface area (Å²) in [5.41, 5.74) is 2.52. The van der Waals surface area contributed by atoms with Crippen molar-refractivity contribution in [2.75, 3.05) is 57.2 Å². The molecular weight excluding hydrogens is 352 g/mol. The van der Waals surface area contributed by atoms with Crippen molar-refractivity contribution in [3.8, 4) is 11.5 Å². The topological polar surface area (TPSA) is 49.9 Å². The number of fused-ring (bicyclic) bond motifs is 1. The van der Waals surface area contributed by atoms with Crippen molar-refractivity contribution >= 4 is 11.5 Å². The van der Waals surface area contributed by atoms with Crippen molar-refractivity contribution in [3.63, 3.8) is 0 Å². The van der Waals surface area contributed by atoms with Gasteiger partial charge in [0.15, 0.2) is 11.5 Å². The zero-order valence-corrected chi connectivity index (χ0v) is 17.0. The van der Waals surface area contributed by atoms with Crippen LogP contribution in [0.1, 0.15) is 24.8 Å². The highest BCUT2D eigenvalue weighted by Gasteiger charge is 2.31. The Hall–Kier alpha value is -2.47. The van der Waals surface area contributed by atoms with Crippen LogP contribution in [0.25, 0.3) is 0 Å². The van der Waals surface area contributed by atoms with Gasteiger partial charge in [-0.15, -0.1) is 0 Å². The monoisotopic (exact) mass is 382 g/mol. The molecule has 6 heteroatoms. The molecule has 0 spiro atoms. The molecule has 1 aromatic heterocycles. The molecule has 1 aromatic carbocycles. The number of benzene rings is 1. The Labute approximate surface area is 167 Å². The smallest absolute Gasteiger partial charge is 0.162 e. The predicted molar refractivity (Wildman–Crippen MR) is 113 cm³/mol. The van der Waals surface area contributed by atoms with Gasteiger partial charge < -0.3 is 19.7 Å². The van der Waals surface area contributed by atoms with Crippen LogP contribution in [0.15, 0.2) is 36.5 Å². The largest absolute Gasteiger partial charge is 0.493 e. The molecule has 150 valence electrons. The summed E-state index contributed by atoms with van der Waals surface area (Å²) in [6.07, 6.45) is 3.01. The van der Waals surface area contributed by atoms with Crippen molar-refractivity contribution in [1.29, 1.82) is 0 Å². The Bertz CT molecular complexity index is 791. The van der Waals surface area contributed by atoms with Gasteiger partial charge in [0.1, 0.15) is 5.82 Å². The van der Waals surface area contributed by atoms with Gasteiger partial charge in [-0.05, 0) is 43.7 Å². The van der Waals surface area contributed by atoms with Crippen molar-refractivity contribution < 1.29 is 9.47 Å². The Morgan fingerprint density at radius 1 is 1.07 bits per heavy atom. The third-order valence-electron chi connectivity index (χ3n) is 6.04. The van der Waals surface area contributed by atoms with Gasteiger partial charge in [-0.2, -0.15) is 0 Å². The second kappa shape index (κ2) is 8.27. The Morgan fingerprint density at radius 3 is 2.50 bits per heavy atom. The first kappa shape index (κ1) is 18.9. The molecule has 1 saturated heterocycles. The highest BCUT2D eigenvalue weighted by molar-refractivity contribution is 5.66. The number of anilines is 2. The molecule has 2 aliphatic heterocycles. The lowest BCUT2D eigenvalue weighted by atomic mass is 9.92. The summed E-state index contributed by atoms with van der Waals surface area (Å²) in [5.74, 6) is 3.17. The summed E-state index contributed by atoms with van der Waals surface area (Å²) in [6.45, 7) is 7.63. The molecule has 2 aromatic rings. The van der Waals surface area contributed by atoms with E-state index in [0.717, 1.165) is 56.5 Å². The van der Waals surface area contributed by atoms with E-state index in [9.17, 15) is 0 Å². The highest BCUT2D eigenvalue weighted by Crippen LogP contribution is 2.44. The normalized spacial score (nSPS) is 21.9. The Kier molecular flexibility index (Phi) is 5.57. The first-order valence-corrected chi connectivity index (χ1v) is 10.1. The summed E-state index contributed by atoms with van der Waals surface area (Å²) < 4.78 is 11.0. The number of nitrogens with zero attached hydrogens (tertiary/aromatic N) is 3. The molecule has 1 fully saturated rings. The van der Waals surface area contributed by atoms with E-state index in [1.807, 2.05) is 12.3 Å². The molecule has 0 radical (unpaired) electrons. The summed E-state index contributed by atoms with van der Waals surface area (Å²) >= 11 is 0. The molecule has 0 aliphatic carbocycles. The minimum absolute atomic E-state index is 0.418. The number of pyridine rings is 1. The maximum atomic E-state index is 5.52. The van der Waals surface area contributed by atoms with E-state index in [4.69, 9.17) is 9.47 Å². The standard InChI is InChI=1S/C22H30N4O2/c1-16-17(18-14-20(27-2)21(28-3)15-19(18)24-16)7-9-25-10-12-26(13-11-25)22-6-4-5-8-23-22/h4-6,8,14-17,24H,7,9-13H2,1-3H3. The number of aromatic nitrogens is 1. The number of ether oxygens (including phenoxy) is 2. The SMILES string of the molecule is COc1cc2c(cc1OC)C(CCN1CCN(c3ccccn3)CC1)C(C)N2. The molecule has 2 atom stereocenters. The lowest BCUT2D eigenvalue weighted by Crippen LogP contribution is -2.47. The zero-order chi connectivity index (χ0) is 19.5. The van der Waals surface area contributed by atoms with Gasteiger partial charge in [-0.3, -0.25) is 4.90 Å². The van der Waals surface area contributed by atoms with Crippen LogP contribution in [-0.4, -0.2) is 62.9 Å². The predicted octanol–water partition coefficient (Wildman–Crippen LogP) is 3.21. The summed E-state index contributed by atoms with van der Waals surface area (Å²) in [6, 6.07) is 10.8. The number of rotatable bonds is 6. The maximum Gasteiger partial charge on any atom is 0.162 e. The minimum Gasteiger partial charge on any atom is -0.493 e. The van der Waals surface area contributed by atoms with E-state index in [-0.39, 0.29) is 0 Å². The van der Waals surface area contributed by atoms with E-state index in [2.05, 4.69) is 51.3 Å². The fourth-order valence-corrected chi connectivity index (χ4v) is 4.41. The number of methoxy groups -OCH3 is 2. The highest BCUT2D eigenvalue weighted by atomic mass is 16.5. The zero-order valence-electron chi connectivity index (χ0n) is 17.0. The molecule has 2 unspecified atom stereocenters. The molecule has 0 amide bonds. The van der Waals surface area contributed by atoms with E-state index in [1.165, 1.54) is 11.3 Å².